The van der Waals surface area contributed by atoms with Gasteiger partial charge in [-0.1, -0.05) is 6.08 Å². The van der Waals surface area contributed by atoms with Crippen LogP contribution in [0.1, 0.15) is 23.2 Å². The number of hydrogen-bond donors (Lipinski definition) is 1. The van der Waals surface area contributed by atoms with Gasteiger partial charge in [-0.05, 0) is 43.6 Å². The van der Waals surface area contributed by atoms with Gasteiger partial charge >= 0.3 is 0 Å². The molecule has 92 valence electrons. The summed E-state index contributed by atoms with van der Waals surface area (Å²) in [4.78, 5) is 2.27. The molecular weight excluding hydrogens is 210 g/mol. The van der Waals surface area contributed by atoms with Crippen LogP contribution in [0, 0.1) is 0 Å². The molecule has 0 fully saturated rings. The predicted molar refractivity (Wildman–Crippen MR) is 71.0 cm³/mol. The molecule has 1 aromatic heterocycles. The smallest absolute Gasteiger partial charge is 0.0485 e. The molecule has 0 aromatic carbocycles. The molecule has 1 N–H and O–H groups in total. The molecule has 0 atom stereocenters. The Bertz CT molecular complexity index is 454. The normalized spacial score (nSPS) is 18.9. The minimum atomic E-state index is 1.04. The molecule has 1 aliphatic heterocycles. The molecule has 17 heavy (non-hydrogen) atoms. The van der Waals surface area contributed by atoms with E-state index in [4.69, 9.17) is 0 Å². The van der Waals surface area contributed by atoms with Crippen LogP contribution in [0.5, 0.6) is 0 Å². The fraction of sp³-hybridized carbons (Fsp3) is 0.571. The highest BCUT2D eigenvalue weighted by atomic mass is 15.1. The van der Waals surface area contributed by atoms with E-state index in [1.54, 1.807) is 5.56 Å². The molecule has 0 saturated heterocycles. The lowest BCUT2D eigenvalue weighted by Gasteiger charge is -2.16. The Morgan fingerprint density at radius 3 is 3.12 bits per heavy atom. The van der Waals surface area contributed by atoms with Crippen molar-refractivity contribution in [1.29, 1.82) is 0 Å². The van der Waals surface area contributed by atoms with Gasteiger partial charge in [-0.3, -0.25) is 0 Å². The standard InChI is InChI=1S/C14H21N3/c1-16(2)9-12-10-17-7-6-15-8-11-4-3-5-13(12)14(11)17/h4,10,15H,3,5-9H2,1-2H3. The molecule has 0 saturated carbocycles. The van der Waals surface area contributed by atoms with Crippen molar-refractivity contribution in [2.45, 2.75) is 25.9 Å². The summed E-state index contributed by atoms with van der Waals surface area (Å²) >= 11 is 0. The molecule has 0 amide bonds. The molecule has 3 heteroatoms. The van der Waals surface area contributed by atoms with Crippen LogP contribution in [0.3, 0.4) is 0 Å². The topological polar surface area (TPSA) is 20.2 Å². The van der Waals surface area contributed by atoms with Crippen molar-refractivity contribution in [2.75, 3.05) is 27.2 Å². The van der Waals surface area contributed by atoms with Crippen LogP contribution in [-0.4, -0.2) is 36.7 Å². The Balaban J connectivity index is 2.06. The highest BCUT2D eigenvalue weighted by Gasteiger charge is 2.22. The van der Waals surface area contributed by atoms with Gasteiger partial charge in [0.1, 0.15) is 0 Å². The van der Waals surface area contributed by atoms with Crippen molar-refractivity contribution in [2.24, 2.45) is 0 Å². The molecule has 2 aliphatic rings. The van der Waals surface area contributed by atoms with E-state index in [2.05, 4.69) is 41.2 Å². The zero-order valence-corrected chi connectivity index (χ0v) is 10.8. The number of aromatic nitrogens is 1. The summed E-state index contributed by atoms with van der Waals surface area (Å²) in [5.74, 6) is 0. The Hall–Kier alpha value is -1.06. The van der Waals surface area contributed by atoms with Crippen molar-refractivity contribution < 1.29 is 0 Å². The molecule has 1 aromatic rings. The highest BCUT2D eigenvalue weighted by Crippen LogP contribution is 2.31. The van der Waals surface area contributed by atoms with Crippen LogP contribution >= 0.6 is 0 Å². The van der Waals surface area contributed by atoms with Crippen molar-refractivity contribution in [1.82, 2.24) is 14.8 Å². The van der Waals surface area contributed by atoms with Gasteiger partial charge in [0.25, 0.3) is 0 Å². The van der Waals surface area contributed by atoms with E-state index in [9.17, 15) is 0 Å². The van der Waals surface area contributed by atoms with Crippen LogP contribution in [0.4, 0.5) is 0 Å². The van der Waals surface area contributed by atoms with Crippen molar-refractivity contribution in [3.8, 4) is 0 Å². The first-order valence-electron chi connectivity index (χ1n) is 6.51. The molecule has 1 aliphatic carbocycles. The fourth-order valence-electron chi connectivity index (χ4n) is 3.03. The zero-order valence-electron chi connectivity index (χ0n) is 10.8. The van der Waals surface area contributed by atoms with E-state index in [1.807, 2.05) is 0 Å². The van der Waals surface area contributed by atoms with Crippen LogP contribution in [0.2, 0.25) is 0 Å². The number of hydrogen-bond acceptors (Lipinski definition) is 2. The van der Waals surface area contributed by atoms with Gasteiger partial charge < -0.3 is 14.8 Å². The van der Waals surface area contributed by atoms with Crippen LogP contribution in [-0.2, 0) is 19.5 Å². The first kappa shape index (κ1) is 11.1. The maximum absolute atomic E-state index is 3.50. The molecule has 2 heterocycles. The van der Waals surface area contributed by atoms with Gasteiger partial charge in [0.05, 0.1) is 0 Å². The molecule has 0 radical (unpaired) electrons. The molecule has 3 nitrogen and oxygen atoms in total. The number of nitrogens with one attached hydrogen (secondary N) is 1. The third-order valence-electron chi connectivity index (χ3n) is 3.69. The summed E-state index contributed by atoms with van der Waals surface area (Å²) in [5, 5.41) is 3.50. The van der Waals surface area contributed by atoms with Crippen LogP contribution in [0.15, 0.2) is 12.3 Å². The third kappa shape index (κ3) is 1.94. The van der Waals surface area contributed by atoms with E-state index in [-0.39, 0.29) is 0 Å². The summed E-state index contributed by atoms with van der Waals surface area (Å²) in [6.07, 6.45) is 7.21. The number of nitrogens with zero attached hydrogens (tertiary/aromatic N) is 2. The van der Waals surface area contributed by atoms with Gasteiger partial charge in [-0.25, -0.2) is 0 Å². The van der Waals surface area contributed by atoms with E-state index >= 15 is 0 Å². The third-order valence-corrected chi connectivity index (χ3v) is 3.69. The summed E-state index contributed by atoms with van der Waals surface area (Å²) in [5.41, 5.74) is 6.14. The van der Waals surface area contributed by atoms with Crippen molar-refractivity contribution in [3.05, 3.63) is 29.1 Å². The van der Waals surface area contributed by atoms with E-state index in [0.29, 0.717) is 0 Å². The van der Waals surface area contributed by atoms with Gasteiger partial charge in [-0.2, -0.15) is 0 Å². The summed E-state index contributed by atoms with van der Waals surface area (Å²) in [7, 11) is 4.30. The van der Waals surface area contributed by atoms with Gasteiger partial charge in [0.15, 0.2) is 0 Å². The average Bonchev–Trinajstić information content (AvgIpc) is 2.51. The Labute approximate surface area is 103 Å². The average molecular weight is 231 g/mol. The Kier molecular flexibility index (Phi) is 2.81. The Morgan fingerprint density at radius 1 is 1.41 bits per heavy atom. The van der Waals surface area contributed by atoms with E-state index < -0.39 is 0 Å². The molecular formula is C14H21N3. The molecule has 0 unspecified atom stereocenters. The highest BCUT2D eigenvalue weighted by molar-refractivity contribution is 5.71. The predicted octanol–water partition coefficient (Wildman–Crippen LogP) is 1.48. The number of rotatable bonds is 2. The second-order valence-electron chi connectivity index (χ2n) is 5.36. The van der Waals surface area contributed by atoms with Crippen LogP contribution < -0.4 is 5.32 Å². The lowest BCUT2D eigenvalue weighted by atomic mass is 9.94. The maximum Gasteiger partial charge on any atom is 0.0485 e. The minimum Gasteiger partial charge on any atom is -0.346 e. The quantitative estimate of drug-likeness (QED) is 0.832. The lowest BCUT2D eigenvalue weighted by molar-refractivity contribution is 0.400. The summed E-state index contributed by atoms with van der Waals surface area (Å²) < 4.78 is 2.46. The first-order chi connectivity index (χ1) is 8.25. The van der Waals surface area contributed by atoms with Crippen molar-refractivity contribution >= 4 is 5.57 Å². The van der Waals surface area contributed by atoms with Gasteiger partial charge in [0, 0.05) is 38.1 Å². The summed E-state index contributed by atoms with van der Waals surface area (Å²) in [6, 6.07) is 0. The number of allylic oxidation sites excluding steroid dienone is 1. The largest absolute Gasteiger partial charge is 0.346 e. The second-order valence-corrected chi connectivity index (χ2v) is 5.36. The molecule has 0 spiro atoms. The first-order valence-corrected chi connectivity index (χ1v) is 6.51. The van der Waals surface area contributed by atoms with Gasteiger partial charge in [0.2, 0.25) is 0 Å². The van der Waals surface area contributed by atoms with Crippen molar-refractivity contribution in [3.63, 3.8) is 0 Å². The second kappa shape index (κ2) is 4.31. The SMILES string of the molecule is CN(C)Cc1cn2c3c1CCC=C3CNCC2. The van der Waals surface area contributed by atoms with E-state index in [0.717, 1.165) is 26.2 Å². The van der Waals surface area contributed by atoms with Crippen LogP contribution in [0.25, 0.3) is 5.57 Å². The lowest BCUT2D eigenvalue weighted by Crippen LogP contribution is -2.18. The molecule has 3 rings (SSSR count). The maximum atomic E-state index is 3.50. The van der Waals surface area contributed by atoms with E-state index in [1.165, 1.54) is 29.7 Å². The monoisotopic (exact) mass is 231 g/mol. The summed E-state index contributed by atoms with van der Waals surface area (Å²) in [6.45, 7) is 4.29. The van der Waals surface area contributed by atoms with Gasteiger partial charge in [-0.15, -0.1) is 0 Å². The minimum absolute atomic E-state index is 1.04. The fourth-order valence-corrected chi connectivity index (χ4v) is 3.03. The zero-order chi connectivity index (χ0) is 11.8. The molecule has 0 bridgehead atoms. The Morgan fingerprint density at radius 2 is 2.29 bits per heavy atom.